The van der Waals surface area contributed by atoms with Gasteiger partial charge >= 0.3 is 0 Å². The van der Waals surface area contributed by atoms with Crippen molar-refractivity contribution in [1.82, 2.24) is 15.3 Å². The number of hydrogen-bond donors (Lipinski definition) is 1. The molecule has 0 spiro atoms. The lowest BCUT2D eigenvalue weighted by Gasteiger charge is -2.07. The molecule has 23 heavy (non-hydrogen) atoms. The number of non-ortho nitro benzene ring substituents is 1. The van der Waals surface area contributed by atoms with E-state index < -0.39 is 10.8 Å². The fourth-order valence-electron chi connectivity index (χ4n) is 2.18. The Kier molecular flexibility index (Phi) is 4.20. The Morgan fingerprint density at radius 1 is 1.35 bits per heavy atom. The van der Waals surface area contributed by atoms with Crippen LogP contribution in [0, 0.1) is 10.1 Å². The van der Waals surface area contributed by atoms with E-state index >= 15 is 0 Å². The summed E-state index contributed by atoms with van der Waals surface area (Å²) in [5, 5.41) is 13.4. The summed E-state index contributed by atoms with van der Waals surface area (Å²) in [4.78, 5) is 30.6. The predicted molar refractivity (Wildman–Crippen MR) is 83.3 cm³/mol. The lowest BCUT2D eigenvalue weighted by molar-refractivity contribution is -0.384. The minimum Gasteiger partial charge on any atom is -0.346 e. The molecule has 0 unspecified atom stereocenters. The third-order valence-electron chi connectivity index (χ3n) is 3.58. The SMILES string of the molecule is O=C(NCc1cc(C2CC2)ncn1)c1ccc([N+](=O)[O-])cc1Cl. The Morgan fingerprint density at radius 2 is 2.13 bits per heavy atom. The van der Waals surface area contributed by atoms with Crippen LogP contribution < -0.4 is 5.32 Å². The summed E-state index contributed by atoms with van der Waals surface area (Å²) < 4.78 is 0. The molecule has 0 radical (unpaired) electrons. The molecule has 3 rings (SSSR count). The van der Waals surface area contributed by atoms with Crippen molar-refractivity contribution in [3.8, 4) is 0 Å². The van der Waals surface area contributed by atoms with Crippen LogP contribution in [0.1, 0.15) is 40.5 Å². The van der Waals surface area contributed by atoms with E-state index in [0.29, 0.717) is 11.6 Å². The highest BCUT2D eigenvalue weighted by molar-refractivity contribution is 6.34. The van der Waals surface area contributed by atoms with E-state index in [1.165, 1.54) is 18.5 Å². The molecule has 1 heterocycles. The van der Waals surface area contributed by atoms with Crippen molar-refractivity contribution in [2.24, 2.45) is 0 Å². The van der Waals surface area contributed by atoms with Crippen LogP contribution in [0.2, 0.25) is 5.02 Å². The normalized spacial score (nSPS) is 13.6. The van der Waals surface area contributed by atoms with Gasteiger partial charge in [-0.05, 0) is 25.0 Å². The van der Waals surface area contributed by atoms with E-state index in [-0.39, 0.29) is 22.8 Å². The average Bonchev–Trinajstić information content (AvgIpc) is 3.37. The molecule has 1 saturated carbocycles. The van der Waals surface area contributed by atoms with Crippen molar-refractivity contribution >= 4 is 23.2 Å². The fourth-order valence-corrected chi connectivity index (χ4v) is 2.44. The summed E-state index contributed by atoms with van der Waals surface area (Å²) in [6.07, 6.45) is 3.77. The van der Waals surface area contributed by atoms with Crippen molar-refractivity contribution in [2.45, 2.75) is 25.3 Å². The molecule has 1 fully saturated rings. The number of amides is 1. The first kappa shape index (κ1) is 15.4. The molecule has 2 aromatic rings. The third kappa shape index (κ3) is 3.62. The lowest BCUT2D eigenvalue weighted by Crippen LogP contribution is -2.23. The number of aromatic nitrogens is 2. The molecule has 8 heteroatoms. The summed E-state index contributed by atoms with van der Waals surface area (Å²) in [5.41, 5.74) is 1.75. The maximum atomic E-state index is 12.1. The Morgan fingerprint density at radius 3 is 2.78 bits per heavy atom. The third-order valence-corrected chi connectivity index (χ3v) is 3.89. The molecular weight excluding hydrogens is 320 g/mol. The van der Waals surface area contributed by atoms with Crippen molar-refractivity contribution < 1.29 is 9.72 Å². The van der Waals surface area contributed by atoms with Gasteiger partial charge in [0.15, 0.2) is 0 Å². The number of nitro groups is 1. The van der Waals surface area contributed by atoms with E-state index in [0.717, 1.165) is 24.6 Å². The zero-order chi connectivity index (χ0) is 16.4. The number of halogens is 1. The molecule has 1 aromatic carbocycles. The van der Waals surface area contributed by atoms with E-state index in [1.54, 1.807) is 0 Å². The maximum Gasteiger partial charge on any atom is 0.270 e. The van der Waals surface area contributed by atoms with E-state index in [9.17, 15) is 14.9 Å². The Bertz CT molecular complexity index is 777. The highest BCUT2D eigenvalue weighted by Gasteiger charge is 2.25. The number of benzene rings is 1. The minimum absolute atomic E-state index is 0.0399. The lowest BCUT2D eigenvalue weighted by atomic mass is 10.2. The van der Waals surface area contributed by atoms with Crippen LogP contribution in [-0.4, -0.2) is 20.8 Å². The fraction of sp³-hybridized carbons (Fsp3) is 0.267. The second-order valence-corrected chi connectivity index (χ2v) is 5.72. The smallest absolute Gasteiger partial charge is 0.270 e. The molecule has 0 aliphatic heterocycles. The first-order valence-electron chi connectivity index (χ1n) is 7.07. The second kappa shape index (κ2) is 6.29. The van der Waals surface area contributed by atoms with Gasteiger partial charge < -0.3 is 5.32 Å². The van der Waals surface area contributed by atoms with Crippen molar-refractivity contribution in [3.05, 3.63) is 62.7 Å². The van der Waals surface area contributed by atoms with Crippen LogP contribution in [0.5, 0.6) is 0 Å². The van der Waals surface area contributed by atoms with Gasteiger partial charge in [0.1, 0.15) is 6.33 Å². The van der Waals surface area contributed by atoms with Gasteiger partial charge in [-0.15, -0.1) is 0 Å². The van der Waals surface area contributed by atoms with Crippen LogP contribution in [0.25, 0.3) is 0 Å². The average molecular weight is 333 g/mol. The van der Waals surface area contributed by atoms with Crippen LogP contribution in [0.4, 0.5) is 5.69 Å². The van der Waals surface area contributed by atoms with Crippen LogP contribution in [-0.2, 0) is 6.54 Å². The maximum absolute atomic E-state index is 12.1. The molecule has 1 aliphatic rings. The molecule has 1 aromatic heterocycles. The molecule has 0 bridgehead atoms. The first-order chi connectivity index (χ1) is 11.0. The summed E-state index contributed by atoms with van der Waals surface area (Å²) in [7, 11) is 0. The Labute approximate surface area is 136 Å². The number of nitrogens with one attached hydrogen (secondary N) is 1. The molecule has 0 atom stereocenters. The van der Waals surface area contributed by atoms with Crippen molar-refractivity contribution in [2.75, 3.05) is 0 Å². The van der Waals surface area contributed by atoms with Gasteiger partial charge in [-0.2, -0.15) is 0 Å². The highest BCUT2D eigenvalue weighted by Crippen LogP contribution is 2.38. The van der Waals surface area contributed by atoms with Gasteiger partial charge in [-0.25, -0.2) is 9.97 Å². The van der Waals surface area contributed by atoms with Gasteiger partial charge in [0.25, 0.3) is 11.6 Å². The molecule has 1 aliphatic carbocycles. The highest BCUT2D eigenvalue weighted by atomic mass is 35.5. The molecule has 1 N–H and O–H groups in total. The Hall–Kier alpha value is -2.54. The molecule has 118 valence electrons. The molecule has 1 amide bonds. The largest absolute Gasteiger partial charge is 0.346 e. The van der Waals surface area contributed by atoms with Gasteiger partial charge in [-0.3, -0.25) is 14.9 Å². The molecular formula is C15H13ClN4O3. The van der Waals surface area contributed by atoms with E-state index in [1.807, 2.05) is 6.07 Å². The topological polar surface area (TPSA) is 98.0 Å². The van der Waals surface area contributed by atoms with Gasteiger partial charge in [0.05, 0.1) is 27.7 Å². The number of nitrogens with zero attached hydrogens (tertiary/aromatic N) is 3. The summed E-state index contributed by atoms with van der Waals surface area (Å²) in [6, 6.07) is 5.63. The standard InChI is InChI=1S/C15H13ClN4O3/c16-13-6-11(20(22)23)3-4-12(13)15(21)17-7-10-5-14(9-1-2-9)19-8-18-10/h3-6,8-9H,1-2,7H2,(H,17,21). The molecule has 7 nitrogen and oxygen atoms in total. The summed E-state index contributed by atoms with van der Waals surface area (Å²) >= 11 is 5.93. The predicted octanol–water partition coefficient (Wildman–Crippen LogP) is 2.85. The molecule has 0 saturated heterocycles. The van der Waals surface area contributed by atoms with E-state index in [2.05, 4.69) is 15.3 Å². The Balaban J connectivity index is 1.67. The monoisotopic (exact) mass is 332 g/mol. The summed E-state index contributed by atoms with van der Waals surface area (Å²) in [5.74, 6) is 0.105. The number of hydrogen-bond acceptors (Lipinski definition) is 5. The minimum atomic E-state index is -0.562. The first-order valence-corrected chi connectivity index (χ1v) is 7.45. The van der Waals surface area contributed by atoms with Crippen molar-refractivity contribution in [1.29, 1.82) is 0 Å². The van der Waals surface area contributed by atoms with Gasteiger partial charge in [0.2, 0.25) is 0 Å². The van der Waals surface area contributed by atoms with Crippen molar-refractivity contribution in [3.63, 3.8) is 0 Å². The van der Waals surface area contributed by atoms with Crippen LogP contribution in [0.15, 0.2) is 30.6 Å². The number of carbonyl (C=O) groups excluding carboxylic acids is 1. The zero-order valence-corrected chi connectivity index (χ0v) is 12.8. The van der Waals surface area contributed by atoms with E-state index in [4.69, 9.17) is 11.6 Å². The van der Waals surface area contributed by atoms with Crippen LogP contribution >= 0.6 is 11.6 Å². The number of carbonyl (C=O) groups is 1. The van der Waals surface area contributed by atoms with Crippen LogP contribution in [0.3, 0.4) is 0 Å². The summed E-state index contributed by atoms with van der Waals surface area (Å²) in [6.45, 7) is 0.244. The number of nitro benzene ring substituents is 1. The second-order valence-electron chi connectivity index (χ2n) is 5.31. The number of rotatable bonds is 5. The van der Waals surface area contributed by atoms with Gasteiger partial charge in [-0.1, -0.05) is 11.6 Å². The zero-order valence-electron chi connectivity index (χ0n) is 12.0. The quantitative estimate of drug-likeness (QED) is 0.670. The van der Waals surface area contributed by atoms with Gasteiger partial charge in [0, 0.05) is 23.7 Å².